The highest BCUT2D eigenvalue weighted by molar-refractivity contribution is 7.98. The zero-order valence-electron chi connectivity index (χ0n) is 30.5. The Morgan fingerprint density at radius 3 is 2.21 bits per heavy atom. The Morgan fingerprint density at radius 1 is 1.21 bits per heavy atom. The van der Waals surface area contributed by atoms with Crippen LogP contribution in [0, 0.1) is 5.82 Å². The first kappa shape index (κ1) is 46.8. The van der Waals surface area contributed by atoms with Crippen LogP contribution in [0.25, 0.3) is 0 Å². The number of amides is 2. The Bertz CT molecular complexity index is 1710. The number of aliphatic carboxylic acids is 1. The van der Waals surface area contributed by atoms with Gasteiger partial charge in [0, 0.05) is 11.5 Å². The van der Waals surface area contributed by atoms with Crippen LogP contribution in [0.5, 0.6) is 5.75 Å². The van der Waals surface area contributed by atoms with E-state index in [9.17, 15) is 33.0 Å². The van der Waals surface area contributed by atoms with Gasteiger partial charge >= 0.3 is 18.0 Å². The van der Waals surface area contributed by atoms with Gasteiger partial charge in [0.2, 0.25) is 5.16 Å². The van der Waals surface area contributed by atoms with Gasteiger partial charge in [0.1, 0.15) is 24.9 Å². The number of imide groups is 1. The molecular formula is C31H47ClFN6O10PS2. The van der Waals surface area contributed by atoms with Crippen LogP contribution in [-0.4, -0.2) is 86.8 Å². The number of nitrogen functional groups attached to an aromatic ring is 1. The summed E-state index contributed by atoms with van der Waals surface area (Å²) < 4.78 is 36.0. The number of carbonyl (C=O) groups excluding carboxylic acids is 2. The predicted octanol–water partition coefficient (Wildman–Crippen LogP) is 3.61. The van der Waals surface area contributed by atoms with E-state index in [0.717, 1.165) is 36.4 Å². The summed E-state index contributed by atoms with van der Waals surface area (Å²) in [6.07, 6.45) is 10.7. The van der Waals surface area contributed by atoms with Crippen LogP contribution in [0.1, 0.15) is 66.0 Å². The van der Waals surface area contributed by atoms with E-state index in [-0.39, 0.29) is 39.3 Å². The zero-order chi connectivity index (χ0) is 40.1. The average Bonchev–Trinajstić information content (AvgIpc) is 3.62. The number of benzene rings is 1. The summed E-state index contributed by atoms with van der Waals surface area (Å²) >= 11 is 7.34. The van der Waals surface area contributed by atoms with E-state index < -0.39 is 44.2 Å². The molecule has 2 fully saturated rings. The molecule has 1 aliphatic heterocycles. The third-order valence-corrected chi connectivity index (χ3v) is 7.97. The molecule has 5 N–H and O–H groups in total. The van der Waals surface area contributed by atoms with Gasteiger partial charge in [-0.15, -0.1) is 10.2 Å². The summed E-state index contributed by atoms with van der Waals surface area (Å²) in [4.78, 5) is 64.5. The van der Waals surface area contributed by atoms with Crippen LogP contribution >= 0.6 is 31.0 Å². The van der Waals surface area contributed by atoms with E-state index in [1.54, 1.807) is 20.1 Å². The Morgan fingerprint density at radius 2 is 1.77 bits per heavy atom. The summed E-state index contributed by atoms with van der Waals surface area (Å²) in [5.74, 6) is 3.07. The molecule has 2 aliphatic rings. The molecule has 2 aromatic rings. The minimum absolute atomic E-state index is 0.00962. The van der Waals surface area contributed by atoms with Crippen molar-refractivity contribution in [3.8, 4) is 5.75 Å². The number of carboxylic acids is 1. The van der Waals surface area contributed by atoms with Gasteiger partial charge < -0.3 is 34.8 Å². The second kappa shape index (κ2) is 20.9. The molecule has 21 heteroatoms. The van der Waals surface area contributed by atoms with Crippen molar-refractivity contribution in [2.75, 3.05) is 48.6 Å². The van der Waals surface area contributed by atoms with Crippen LogP contribution in [0.4, 0.5) is 14.9 Å². The van der Waals surface area contributed by atoms with Crippen molar-refractivity contribution in [3.05, 3.63) is 50.4 Å². The van der Waals surface area contributed by atoms with Crippen molar-refractivity contribution in [2.24, 2.45) is 0 Å². The fourth-order valence-corrected chi connectivity index (χ4v) is 5.14. The van der Waals surface area contributed by atoms with Gasteiger partial charge in [0.05, 0.1) is 48.4 Å². The number of hydrogen-bond donors (Lipinski definition) is 4. The lowest BCUT2D eigenvalue weighted by molar-refractivity contribution is -0.193. The lowest BCUT2D eigenvalue weighted by Gasteiger charge is -2.18. The van der Waals surface area contributed by atoms with Gasteiger partial charge in [0.15, 0.2) is 5.76 Å². The molecule has 0 bridgehead atoms. The largest absolute Gasteiger partial charge is 0.778 e. The number of aromatic nitrogens is 3. The number of rotatable bonds is 8. The number of hydrogen-bond acceptors (Lipinski definition) is 13. The highest BCUT2D eigenvalue weighted by Gasteiger charge is 2.40. The molecule has 1 aromatic heterocycles. The molecule has 2 amide bonds. The average molecular weight is 813 g/mol. The maximum Gasteiger partial charge on any atom is 0.427 e. The van der Waals surface area contributed by atoms with E-state index in [2.05, 4.69) is 29.0 Å². The summed E-state index contributed by atoms with van der Waals surface area (Å²) in [5.41, 5.74) is 0.0863. The Balaban J connectivity index is 0.000000409. The molecule has 1 saturated heterocycles. The van der Waals surface area contributed by atoms with Crippen molar-refractivity contribution in [2.45, 2.75) is 77.0 Å². The zero-order valence-corrected chi connectivity index (χ0v) is 33.8. The monoisotopic (exact) mass is 812 g/mol. The normalized spacial score (nSPS) is 15.4. The number of nitrogens with two attached hydrogens (primary N) is 1. The molecule has 0 spiro atoms. The molecule has 1 aliphatic carbocycles. The Labute approximate surface area is 314 Å². The smallest absolute Gasteiger partial charge is 0.427 e. The summed E-state index contributed by atoms with van der Waals surface area (Å²) in [5, 5.41) is 18.3. The Hall–Kier alpha value is -3.19. The maximum atomic E-state index is 14.3. The first-order valence-corrected chi connectivity index (χ1v) is 21.4. The summed E-state index contributed by atoms with van der Waals surface area (Å²) in [6, 6.07) is 2.32. The minimum atomic E-state index is -4.35. The molecule has 0 radical (unpaired) electrons. The molecule has 52 heavy (non-hydrogen) atoms. The minimum Gasteiger partial charge on any atom is -0.778 e. The van der Waals surface area contributed by atoms with Crippen LogP contribution in [0.3, 0.4) is 0 Å². The molecule has 1 aromatic carbocycles. The Kier molecular flexibility index (Phi) is 18.8. The summed E-state index contributed by atoms with van der Waals surface area (Å²) in [6.45, 7) is 8.49. The van der Waals surface area contributed by atoms with Gasteiger partial charge in [-0.3, -0.25) is 19.7 Å². The highest BCUT2D eigenvalue weighted by atomic mass is 35.5. The maximum absolute atomic E-state index is 14.3. The molecular weight excluding hydrogens is 766 g/mol. The molecule has 292 valence electrons. The van der Waals surface area contributed by atoms with Crippen molar-refractivity contribution >= 4 is 65.5 Å². The molecule has 1 unspecified atom stereocenters. The van der Waals surface area contributed by atoms with E-state index >= 15 is 0 Å². The van der Waals surface area contributed by atoms with Crippen LogP contribution in [-0.2, 0) is 35.2 Å². The number of ether oxygens (including phenoxy) is 2. The molecule has 1 saturated carbocycles. The topological polar surface area (TPSA) is 239 Å². The first-order valence-electron chi connectivity index (χ1n) is 15.5. The van der Waals surface area contributed by atoms with Crippen molar-refractivity contribution < 1.29 is 47.7 Å². The molecule has 2 heterocycles. The summed E-state index contributed by atoms with van der Waals surface area (Å²) in [7, 11) is -3.71. The SMILES string of the molecule is CC(C)=C1OC(=O)N(c2cc(OC3CCCC3)c(Cl)cc2F)C1=O.CSc1nnc(C(C)(C)C)c(=O)n1N.C[S+](C)C.O=C(O)CNCP(=O)([O-])O. The lowest BCUT2D eigenvalue weighted by atomic mass is 9.93. The number of carboxylic acid groups (broad SMARTS) is 1. The van der Waals surface area contributed by atoms with E-state index in [4.69, 9.17) is 36.9 Å². The first-order chi connectivity index (χ1) is 23.9. The molecule has 1 atom stereocenters. The molecule has 4 rings (SSSR count). The standard InChI is InChI=1S/C17H17ClFNO4.C8H14N4OS.C3H8NO5P.C3H9S/c1-9(2)15-16(21)20(17(22)24-15)13-8-14(11(18)7-12(13)19)23-10-5-3-4-6-10;1-8(2,3)5-6(13)12(9)7(14-4)11-10-5;5-3(6)1-4-2-10(7,8)9;1-4(2)3/h7-8,10H,3-6H2,1-2H3;9H2,1-4H3;4H,1-2H2,(H,5,6)(H2,7,8,9);1-3H3/q;;;+1/p-1. The number of anilines is 1. The van der Waals surface area contributed by atoms with E-state index in [0.29, 0.717) is 32.2 Å². The van der Waals surface area contributed by atoms with E-state index in [1.807, 2.05) is 26.1 Å². The fraction of sp³-hybridized carbons (Fsp3) is 0.548. The number of halogens is 2. The number of nitrogens with zero attached hydrogens (tertiary/aromatic N) is 4. The fourth-order valence-electron chi connectivity index (χ4n) is 4.15. The van der Waals surface area contributed by atoms with E-state index in [1.165, 1.54) is 17.8 Å². The van der Waals surface area contributed by atoms with Gasteiger partial charge in [-0.25, -0.2) is 14.1 Å². The van der Waals surface area contributed by atoms with Gasteiger partial charge in [-0.1, -0.05) is 44.1 Å². The van der Waals surface area contributed by atoms with Crippen LogP contribution < -0.4 is 31.2 Å². The second-order valence-corrected chi connectivity index (χ2v) is 18.1. The lowest BCUT2D eigenvalue weighted by Crippen LogP contribution is -2.37. The molecule has 16 nitrogen and oxygen atoms in total. The number of nitrogens with one attached hydrogen (secondary N) is 1. The number of cyclic esters (lactones) is 1. The number of thioether (sulfide) groups is 1. The van der Waals surface area contributed by atoms with Crippen molar-refractivity contribution in [1.29, 1.82) is 0 Å². The third-order valence-electron chi connectivity index (χ3n) is 6.41. The van der Waals surface area contributed by atoms with Crippen LogP contribution in [0.2, 0.25) is 5.02 Å². The van der Waals surface area contributed by atoms with Gasteiger partial charge in [0.25, 0.3) is 5.56 Å². The van der Waals surface area contributed by atoms with Crippen LogP contribution in [0.15, 0.2) is 33.4 Å². The van der Waals surface area contributed by atoms with Crippen molar-refractivity contribution in [1.82, 2.24) is 20.2 Å². The quantitative estimate of drug-likeness (QED) is 0.0979. The predicted molar refractivity (Wildman–Crippen MR) is 199 cm³/mol. The number of carbonyl (C=O) groups is 3. The third kappa shape index (κ3) is 15.4. The highest BCUT2D eigenvalue weighted by Crippen LogP contribution is 2.37. The van der Waals surface area contributed by atoms with Gasteiger partial charge in [-0.05, 0) is 68.3 Å². The van der Waals surface area contributed by atoms with Crippen molar-refractivity contribution in [3.63, 3.8) is 0 Å². The number of allylic oxidation sites excluding steroid dienone is 1. The van der Waals surface area contributed by atoms with Gasteiger partial charge in [-0.2, -0.15) is 4.68 Å². The second-order valence-electron chi connectivity index (χ2n) is 12.9.